The van der Waals surface area contributed by atoms with Crippen LogP contribution in [-0.4, -0.2) is 12.3 Å². The van der Waals surface area contributed by atoms with Crippen LogP contribution in [0.25, 0.3) is 0 Å². The second kappa shape index (κ2) is 6.59. The number of Topliss-reactive ketones (excluding diaryl/α,β-unsaturated/α-hetero) is 1. The zero-order valence-corrected chi connectivity index (χ0v) is 10.7. The van der Waals surface area contributed by atoms with Gasteiger partial charge in [-0.3, -0.25) is 4.79 Å². The first-order valence-electron chi connectivity index (χ1n) is 6.10. The van der Waals surface area contributed by atoms with E-state index in [1.165, 1.54) is 12.1 Å². The van der Waals surface area contributed by atoms with Gasteiger partial charge in [0.15, 0.2) is 0 Å². The van der Waals surface area contributed by atoms with Crippen LogP contribution < -0.4 is 5.73 Å². The molecule has 0 aliphatic heterocycles. The highest BCUT2D eigenvalue weighted by Crippen LogP contribution is 2.16. The maximum atomic E-state index is 13.0. The molecule has 1 unspecified atom stereocenters. The molecule has 0 saturated heterocycles. The highest BCUT2D eigenvalue weighted by Gasteiger charge is 2.18. The Morgan fingerprint density at radius 3 is 2.22 bits per heavy atom. The van der Waals surface area contributed by atoms with Crippen LogP contribution in [-0.2, 0) is 11.2 Å². The summed E-state index contributed by atoms with van der Waals surface area (Å²) in [6, 6.07) is 3.16. The molecule has 0 fully saturated rings. The van der Waals surface area contributed by atoms with Crippen molar-refractivity contribution in [1.29, 1.82) is 0 Å². The molecule has 0 spiro atoms. The number of hydrogen-bond acceptors (Lipinski definition) is 2. The first-order chi connectivity index (χ1) is 8.42. The van der Waals surface area contributed by atoms with E-state index in [1.54, 1.807) is 0 Å². The Morgan fingerprint density at radius 2 is 1.78 bits per heavy atom. The van der Waals surface area contributed by atoms with Crippen molar-refractivity contribution >= 4 is 5.78 Å². The van der Waals surface area contributed by atoms with Crippen LogP contribution in [0.3, 0.4) is 0 Å². The fourth-order valence-electron chi connectivity index (χ4n) is 1.99. The average Bonchev–Trinajstić information content (AvgIpc) is 2.23. The Hall–Kier alpha value is -1.29. The lowest BCUT2D eigenvalue weighted by Crippen LogP contribution is -2.26. The summed E-state index contributed by atoms with van der Waals surface area (Å²) in [4.78, 5) is 12.0. The van der Waals surface area contributed by atoms with Crippen molar-refractivity contribution in [3.05, 3.63) is 35.4 Å². The van der Waals surface area contributed by atoms with Crippen molar-refractivity contribution in [2.24, 2.45) is 17.6 Å². The SMILES string of the molecule is CC(C)CC(CN)C(=O)Cc1cc(F)cc(F)c1. The van der Waals surface area contributed by atoms with Crippen molar-refractivity contribution in [2.45, 2.75) is 26.7 Å². The summed E-state index contributed by atoms with van der Waals surface area (Å²) in [5.74, 6) is -1.25. The van der Waals surface area contributed by atoms with Gasteiger partial charge < -0.3 is 5.73 Å². The van der Waals surface area contributed by atoms with Gasteiger partial charge in [-0.2, -0.15) is 0 Å². The van der Waals surface area contributed by atoms with Crippen LogP contribution in [0, 0.1) is 23.5 Å². The molecule has 1 rings (SSSR count). The number of carbonyl (C=O) groups is 1. The maximum absolute atomic E-state index is 13.0. The number of benzene rings is 1. The Kier molecular flexibility index (Phi) is 5.41. The molecule has 0 amide bonds. The summed E-state index contributed by atoms with van der Waals surface area (Å²) >= 11 is 0. The summed E-state index contributed by atoms with van der Waals surface area (Å²) in [6.45, 7) is 4.30. The van der Waals surface area contributed by atoms with Crippen LogP contribution in [0.15, 0.2) is 18.2 Å². The lowest BCUT2D eigenvalue weighted by atomic mass is 9.90. The predicted octanol–water partition coefficient (Wildman–Crippen LogP) is 2.70. The smallest absolute Gasteiger partial charge is 0.141 e. The first kappa shape index (κ1) is 14.8. The Labute approximate surface area is 106 Å². The molecule has 0 aliphatic rings. The normalized spacial score (nSPS) is 12.8. The van der Waals surface area contributed by atoms with E-state index in [9.17, 15) is 13.6 Å². The fourth-order valence-corrected chi connectivity index (χ4v) is 1.99. The van der Waals surface area contributed by atoms with Gasteiger partial charge in [0.2, 0.25) is 0 Å². The summed E-state index contributed by atoms with van der Waals surface area (Å²) in [5.41, 5.74) is 5.93. The molecule has 1 aromatic carbocycles. The molecular formula is C14H19F2NO. The molecule has 2 nitrogen and oxygen atoms in total. The van der Waals surface area contributed by atoms with Gasteiger partial charge in [-0.25, -0.2) is 8.78 Å². The van der Waals surface area contributed by atoms with Crippen LogP contribution in [0.1, 0.15) is 25.8 Å². The number of hydrogen-bond donors (Lipinski definition) is 1. The third kappa shape index (κ3) is 4.53. The Morgan fingerprint density at radius 1 is 1.22 bits per heavy atom. The first-order valence-corrected chi connectivity index (χ1v) is 6.10. The van der Waals surface area contributed by atoms with Crippen molar-refractivity contribution < 1.29 is 13.6 Å². The van der Waals surface area contributed by atoms with Gasteiger partial charge >= 0.3 is 0 Å². The largest absolute Gasteiger partial charge is 0.330 e. The van der Waals surface area contributed by atoms with E-state index in [0.717, 1.165) is 6.07 Å². The summed E-state index contributed by atoms with van der Waals surface area (Å²) in [6.07, 6.45) is 0.733. The van der Waals surface area contributed by atoms with Crippen molar-refractivity contribution in [2.75, 3.05) is 6.54 Å². The van der Waals surface area contributed by atoms with E-state index in [-0.39, 0.29) is 24.7 Å². The van der Waals surface area contributed by atoms with E-state index in [2.05, 4.69) is 0 Å². The molecular weight excluding hydrogens is 236 g/mol. The molecule has 0 aromatic heterocycles. The van der Waals surface area contributed by atoms with Crippen LogP contribution >= 0.6 is 0 Å². The zero-order valence-electron chi connectivity index (χ0n) is 10.7. The number of rotatable bonds is 6. The molecule has 0 aliphatic carbocycles. The van der Waals surface area contributed by atoms with Crippen molar-refractivity contribution in [3.8, 4) is 0 Å². The molecule has 100 valence electrons. The van der Waals surface area contributed by atoms with E-state index >= 15 is 0 Å². The van der Waals surface area contributed by atoms with Gasteiger partial charge in [-0.05, 0) is 30.0 Å². The predicted molar refractivity (Wildman–Crippen MR) is 67.1 cm³/mol. The zero-order chi connectivity index (χ0) is 13.7. The van der Waals surface area contributed by atoms with Gasteiger partial charge in [-0.1, -0.05) is 13.8 Å². The molecule has 4 heteroatoms. The van der Waals surface area contributed by atoms with Gasteiger partial charge in [0, 0.05) is 24.9 Å². The second-order valence-electron chi connectivity index (χ2n) is 4.98. The monoisotopic (exact) mass is 255 g/mol. The van der Waals surface area contributed by atoms with Gasteiger partial charge in [0.1, 0.15) is 17.4 Å². The molecule has 0 saturated carbocycles. The molecule has 0 radical (unpaired) electrons. The Balaban J connectivity index is 2.73. The minimum Gasteiger partial charge on any atom is -0.330 e. The summed E-state index contributed by atoms with van der Waals surface area (Å²) < 4.78 is 26.0. The number of halogens is 2. The number of carbonyl (C=O) groups excluding carboxylic acids is 1. The van der Waals surface area contributed by atoms with Gasteiger partial charge in [0.25, 0.3) is 0 Å². The molecule has 1 atom stereocenters. The van der Waals surface area contributed by atoms with Crippen molar-refractivity contribution in [3.63, 3.8) is 0 Å². The topological polar surface area (TPSA) is 43.1 Å². The van der Waals surface area contributed by atoms with Gasteiger partial charge in [-0.15, -0.1) is 0 Å². The lowest BCUT2D eigenvalue weighted by Gasteiger charge is -2.15. The summed E-state index contributed by atoms with van der Waals surface area (Å²) in [7, 11) is 0. The Bertz CT molecular complexity index is 398. The minimum atomic E-state index is -0.661. The highest BCUT2D eigenvalue weighted by atomic mass is 19.1. The second-order valence-corrected chi connectivity index (χ2v) is 4.98. The molecule has 1 aromatic rings. The standard InChI is InChI=1S/C14H19F2NO/c1-9(2)3-11(8-17)14(18)6-10-4-12(15)7-13(16)5-10/h4-5,7,9,11H,3,6,8,17H2,1-2H3. The molecule has 2 N–H and O–H groups in total. The lowest BCUT2D eigenvalue weighted by molar-refractivity contribution is -0.122. The van der Waals surface area contributed by atoms with E-state index in [4.69, 9.17) is 5.73 Å². The third-order valence-electron chi connectivity index (χ3n) is 2.80. The fraction of sp³-hybridized carbons (Fsp3) is 0.500. The maximum Gasteiger partial charge on any atom is 0.141 e. The molecule has 18 heavy (non-hydrogen) atoms. The third-order valence-corrected chi connectivity index (χ3v) is 2.80. The summed E-state index contributed by atoms with van der Waals surface area (Å²) in [5, 5.41) is 0. The van der Waals surface area contributed by atoms with Crippen LogP contribution in [0.5, 0.6) is 0 Å². The van der Waals surface area contributed by atoms with E-state index < -0.39 is 11.6 Å². The number of nitrogens with two attached hydrogens (primary N) is 1. The molecule has 0 bridgehead atoms. The van der Waals surface area contributed by atoms with Crippen molar-refractivity contribution in [1.82, 2.24) is 0 Å². The molecule has 0 heterocycles. The highest BCUT2D eigenvalue weighted by molar-refractivity contribution is 5.83. The average molecular weight is 255 g/mol. The quantitative estimate of drug-likeness (QED) is 0.849. The van der Waals surface area contributed by atoms with Crippen LogP contribution in [0.2, 0.25) is 0 Å². The van der Waals surface area contributed by atoms with E-state index in [0.29, 0.717) is 17.9 Å². The minimum absolute atomic E-state index is 0.0310. The van der Waals surface area contributed by atoms with E-state index in [1.807, 2.05) is 13.8 Å². The number of ketones is 1. The van der Waals surface area contributed by atoms with Gasteiger partial charge in [0.05, 0.1) is 0 Å². The van der Waals surface area contributed by atoms with Crippen LogP contribution in [0.4, 0.5) is 8.78 Å².